The fourth-order valence-electron chi connectivity index (χ4n) is 2.67. The van der Waals surface area contributed by atoms with Gasteiger partial charge in [0.25, 0.3) is 5.91 Å². The smallest absolute Gasteiger partial charge is 0.274 e. The van der Waals surface area contributed by atoms with E-state index in [0.717, 1.165) is 16.6 Å². The van der Waals surface area contributed by atoms with Gasteiger partial charge in [0.1, 0.15) is 12.4 Å². The van der Waals surface area contributed by atoms with E-state index in [4.69, 9.17) is 0 Å². The number of aliphatic imine (C=N–C) groups is 1. The molecule has 1 aliphatic heterocycles. The minimum absolute atomic E-state index is 0.292. The van der Waals surface area contributed by atoms with Gasteiger partial charge in [0.05, 0.1) is 17.1 Å². The summed E-state index contributed by atoms with van der Waals surface area (Å²) < 4.78 is 13.1. The number of fused-ring (bicyclic) bond motifs is 1. The Kier molecular flexibility index (Phi) is 5.02. The molecular formula is C18H20FN5O. The first kappa shape index (κ1) is 17.0. The molecule has 6 nitrogen and oxygen atoms in total. The number of benzene rings is 1. The molecule has 1 atom stereocenters. The van der Waals surface area contributed by atoms with Crippen LogP contribution in [0.3, 0.4) is 0 Å². The van der Waals surface area contributed by atoms with Crippen molar-refractivity contribution in [3.63, 3.8) is 0 Å². The summed E-state index contributed by atoms with van der Waals surface area (Å²) in [6, 6.07) is 5.09. The van der Waals surface area contributed by atoms with Crippen molar-refractivity contribution in [2.45, 2.75) is 26.3 Å². The van der Waals surface area contributed by atoms with Gasteiger partial charge in [-0.15, -0.1) is 0 Å². The van der Waals surface area contributed by atoms with Gasteiger partial charge in [-0.25, -0.2) is 9.38 Å². The molecule has 0 saturated carbocycles. The number of alkyl halides is 1. The van der Waals surface area contributed by atoms with Gasteiger partial charge >= 0.3 is 0 Å². The van der Waals surface area contributed by atoms with Crippen LogP contribution in [0.2, 0.25) is 0 Å². The second-order valence-corrected chi connectivity index (χ2v) is 6.36. The van der Waals surface area contributed by atoms with Gasteiger partial charge in [-0.1, -0.05) is 19.9 Å². The maximum atomic E-state index is 13.1. The number of carbonyl (C=O) groups is 1. The third-order valence-corrected chi connectivity index (χ3v) is 3.77. The third kappa shape index (κ3) is 4.17. The van der Waals surface area contributed by atoms with E-state index >= 15 is 0 Å². The Morgan fingerprint density at radius 1 is 1.20 bits per heavy atom. The molecule has 1 unspecified atom stereocenters. The first-order valence-electron chi connectivity index (χ1n) is 8.19. The molecule has 130 valence electrons. The predicted molar refractivity (Wildman–Crippen MR) is 95.4 cm³/mol. The molecule has 3 rings (SSSR count). The summed E-state index contributed by atoms with van der Waals surface area (Å²) in [6.07, 6.45) is 5.59. The number of amides is 1. The number of hydrogen-bond donors (Lipinski definition) is 2. The first-order valence-corrected chi connectivity index (χ1v) is 8.19. The topological polar surface area (TPSA) is 79.3 Å². The van der Waals surface area contributed by atoms with Crippen molar-refractivity contribution >= 4 is 29.0 Å². The van der Waals surface area contributed by atoms with Crippen LogP contribution in [0.4, 0.5) is 4.39 Å². The Balaban J connectivity index is 1.80. The second-order valence-electron chi connectivity index (χ2n) is 6.36. The fourth-order valence-corrected chi connectivity index (χ4v) is 2.67. The average molecular weight is 341 g/mol. The molecule has 1 aromatic heterocycles. The minimum Gasteiger partial charge on any atom is -0.321 e. The zero-order valence-electron chi connectivity index (χ0n) is 14.2. The maximum absolute atomic E-state index is 13.1. The van der Waals surface area contributed by atoms with Crippen LogP contribution in [0.5, 0.6) is 0 Å². The molecule has 0 radical (unpaired) electrons. The molecule has 2 N–H and O–H groups in total. The van der Waals surface area contributed by atoms with Gasteiger partial charge in [-0.05, 0) is 36.1 Å². The number of halogens is 1. The van der Waals surface area contributed by atoms with Gasteiger partial charge < -0.3 is 5.32 Å². The second kappa shape index (κ2) is 7.38. The maximum Gasteiger partial charge on any atom is 0.274 e. The molecule has 25 heavy (non-hydrogen) atoms. The lowest BCUT2D eigenvalue weighted by Crippen LogP contribution is -2.28. The molecule has 7 heteroatoms. The lowest BCUT2D eigenvalue weighted by Gasteiger charge is -2.11. The number of rotatable bonds is 5. The number of hydrogen-bond acceptors (Lipinski definition) is 4. The van der Waals surface area contributed by atoms with E-state index in [1.807, 2.05) is 32.0 Å². The van der Waals surface area contributed by atoms with Crippen molar-refractivity contribution in [3.8, 4) is 0 Å². The van der Waals surface area contributed by atoms with Gasteiger partial charge in [-0.3, -0.25) is 20.1 Å². The highest BCUT2D eigenvalue weighted by Gasteiger charge is 2.23. The normalized spacial score (nSPS) is 18.8. The monoisotopic (exact) mass is 341 g/mol. The molecule has 1 amide bonds. The van der Waals surface area contributed by atoms with E-state index < -0.39 is 12.7 Å². The first-order chi connectivity index (χ1) is 12.0. The Bertz CT molecular complexity index is 846. The largest absolute Gasteiger partial charge is 0.321 e. The molecule has 0 spiro atoms. The standard InChI is InChI=1S/C18H20FN5O/c1-11(2)7-13(10-19)22-18-23-16(17(25)24-18)9-12-3-4-14-15(8-12)21-6-5-20-14/h3-6,8-9,11,13H,7,10H2,1-2H3,(H2,22,23,24,25)/b16-9-. The van der Waals surface area contributed by atoms with Crippen molar-refractivity contribution < 1.29 is 9.18 Å². The lowest BCUT2D eigenvalue weighted by atomic mass is 10.1. The van der Waals surface area contributed by atoms with E-state index in [2.05, 4.69) is 25.6 Å². The van der Waals surface area contributed by atoms with Crippen molar-refractivity contribution in [1.29, 1.82) is 0 Å². The van der Waals surface area contributed by atoms with E-state index in [9.17, 15) is 9.18 Å². The number of guanidine groups is 1. The van der Waals surface area contributed by atoms with Gasteiger partial charge in [0, 0.05) is 12.4 Å². The molecule has 2 aromatic rings. The Hall–Kier alpha value is -2.83. The van der Waals surface area contributed by atoms with Crippen molar-refractivity contribution in [2.75, 3.05) is 6.67 Å². The lowest BCUT2D eigenvalue weighted by molar-refractivity contribution is -0.115. The Labute approximate surface area is 145 Å². The van der Waals surface area contributed by atoms with Crippen LogP contribution in [-0.2, 0) is 4.79 Å². The summed E-state index contributed by atoms with van der Waals surface area (Å²) in [5.74, 6) is 0.330. The molecule has 2 heterocycles. The fraction of sp³-hybridized carbons (Fsp3) is 0.333. The van der Waals surface area contributed by atoms with E-state index in [-0.39, 0.29) is 5.91 Å². The summed E-state index contributed by atoms with van der Waals surface area (Å²) in [7, 11) is 0. The van der Waals surface area contributed by atoms with E-state index in [1.165, 1.54) is 0 Å². The SMILES string of the molecule is CC(C)CC(CF)N=C1NC(=O)/C(=C/c2ccc3nccnc3c2)N1. The van der Waals surface area contributed by atoms with Crippen LogP contribution in [0.25, 0.3) is 17.1 Å². The summed E-state index contributed by atoms with van der Waals surface area (Å²) in [5.41, 5.74) is 2.72. The van der Waals surface area contributed by atoms with Crippen LogP contribution in [0.15, 0.2) is 41.3 Å². The zero-order valence-corrected chi connectivity index (χ0v) is 14.2. The molecule has 0 bridgehead atoms. The third-order valence-electron chi connectivity index (χ3n) is 3.77. The van der Waals surface area contributed by atoms with Crippen LogP contribution in [0.1, 0.15) is 25.8 Å². The highest BCUT2D eigenvalue weighted by atomic mass is 19.1. The van der Waals surface area contributed by atoms with Crippen LogP contribution >= 0.6 is 0 Å². The number of carbonyl (C=O) groups excluding carboxylic acids is 1. The molecule has 1 saturated heterocycles. The summed E-state index contributed by atoms with van der Waals surface area (Å²) in [5, 5.41) is 5.56. The highest BCUT2D eigenvalue weighted by Crippen LogP contribution is 2.15. The van der Waals surface area contributed by atoms with Crippen LogP contribution in [-0.4, -0.2) is 34.6 Å². The van der Waals surface area contributed by atoms with Crippen LogP contribution < -0.4 is 10.6 Å². The van der Waals surface area contributed by atoms with Crippen molar-refractivity contribution in [3.05, 3.63) is 41.9 Å². The Morgan fingerprint density at radius 2 is 1.96 bits per heavy atom. The van der Waals surface area contributed by atoms with Crippen molar-refractivity contribution in [1.82, 2.24) is 20.6 Å². The Morgan fingerprint density at radius 3 is 2.68 bits per heavy atom. The summed E-state index contributed by atoms with van der Waals surface area (Å²) in [4.78, 5) is 24.8. The van der Waals surface area contributed by atoms with Gasteiger partial charge in [0.2, 0.25) is 5.96 Å². The quantitative estimate of drug-likeness (QED) is 0.819. The molecule has 0 aliphatic carbocycles. The molecule has 1 aromatic carbocycles. The highest BCUT2D eigenvalue weighted by molar-refractivity contribution is 6.15. The molecular weight excluding hydrogens is 321 g/mol. The van der Waals surface area contributed by atoms with Gasteiger partial charge in [-0.2, -0.15) is 0 Å². The van der Waals surface area contributed by atoms with Gasteiger partial charge in [0.15, 0.2) is 0 Å². The minimum atomic E-state index is -0.554. The summed E-state index contributed by atoms with van der Waals surface area (Å²) in [6.45, 7) is 3.47. The average Bonchev–Trinajstić information content (AvgIpc) is 2.93. The summed E-state index contributed by atoms with van der Waals surface area (Å²) >= 11 is 0. The number of aromatic nitrogens is 2. The molecule has 1 fully saturated rings. The van der Waals surface area contributed by atoms with E-state index in [0.29, 0.717) is 24.0 Å². The zero-order chi connectivity index (χ0) is 17.8. The number of nitrogens with one attached hydrogen (secondary N) is 2. The predicted octanol–water partition coefficient (Wildman–Crippen LogP) is 2.43. The van der Waals surface area contributed by atoms with Crippen molar-refractivity contribution in [2.24, 2.45) is 10.9 Å². The van der Waals surface area contributed by atoms with Crippen LogP contribution in [0, 0.1) is 5.92 Å². The molecule has 1 aliphatic rings. The number of nitrogens with zero attached hydrogens (tertiary/aromatic N) is 3. The van der Waals surface area contributed by atoms with E-state index in [1.54, 1.807) is 18.5 Å².